The molecule has 2 N–H and O–H groups in total. The Bertz CT molecular complexity index is 752. The third-order valence-electron chi connectivity index (χ3n) is 2.97. The molecule has 2 heterocycles. The van der Waals surface area contributed by atoms with Gasteiger partial charge in [0.25, 0.3) is 0 Å². The lowest BCUT2D eigenvalue weighted by Crippen LogP contribution is -1.90. The lowest BCUT2D eigenvalue weighted by atomic mass is 10.3. The van der Waals surface area contributed by atoms with Gasteiger partial charge in [0.2, 0.25) is 5.88 Å². The summed E-state index contributed by atoms with van der Waals surface area (Å²) in [6, 6.07) is 9.30. The van der Waals surface area contributed by atoms with Crippen LogP contribution in [0.1, 0.15) is 0 Å². The van der Waals surface area contributed by atoms with Crippen LogP contribution in [-0.4, -0.2) is 24.7 Å². The zero-order valence-electron chi connectivity index (χ0n) is 11.3. The van der Waals surface area contributed by atoms with E-state index in [9.17, 15) is 10.2 Å². The molecule has 0 aliphatic heterocycles. The van der Waals surface area contributed by atoms with E-state index in [1.807, 2.05) is 30.3 Å². The fourth-order valence-electron chi connectivity index (χ4n) is 1.90. The van der Waals surface area contributed by atoms with Crippen molar-refractivity contribution in [3.63, 3.8) is 0 Å². The molecule has 3 aromatic rings. The van der Waals surface area contributed by atoms with Crippen LogP contribution in [0.2, 0.25) is 0 Å². The number of benzene rings is 1. The molecule has 0 unspecified atom stereocenters. The quantitative estimate of drug-likeness (QED) is 0.772. The van der Waals surface area contributed by atoms with Crippen LogP contribution in [0.15, 0.2) is 48.9 Å². The number of aromatic nitrogens is 3. The van der Waals surface area contributed by atoms with Gasteiger partial charge in [-0.3, -0.25) is 0 Å². The van der Waals surface area contributed by atoms with Crippen LogP contribution in [0.25, 0.3) is 11.4 Å². The monoisotopic (exact) mass is 283 g/mol. The van der Waals surface area contributed by atoms with E-state index in [1.54, 1.807) is 13.2 Å². The molecule has 0 bridgehead atoms. The minimum absolute atomic E-state index is 0.224. The summed E-state index contributed by atoms with van der Waals surface area (Å²) >= 11 is 0. The van der Waals surface area contributed by atoms with E-state index in [-0.39, 0.29) is 11.6 Å². The molecule has 0 atom stereocenters. The molecule has 2 aromatic heterocycles. The topological polar surface area (TPSA) is 80.4 Å². The highest BCUT2D eigenvalue weighted by Crippen LogP contribution is 2.36. The second-order valence-electron chi connectivity index (χ2n) is 4.48. The predicted molar refractivity (Wildman–Crippen MR) is 76.3 cm³/mol. The first-order chi connectivity index (χ1) is 10.1. The number of nitrogens with zero attached hydrogens (tertiary/aromatic N) is 3. The Labute approximate surface area is 120 Å². The Morgan fingerprint density at radius 1 is 1.00 bits per heavy atom. The van der Waals surface area contributed by atoms with Crippen LogP contribution in [0.3, 0.4) is 0 Å². The molecule has 6 nitrogen and oxygen atoms in total. The van der Waals surface area contributed by atoms with Crippen molar-refractivity contribution in [2.45, 2.75) is 0 Å². The summed E-state index contributed by atoms with van der Waals surface area (Å²) in [7, 11) is 1.62. The summed E-state index contributed by atoms with van der Waals surface area (Å²) in [6.07, 6.45) is 4.58. The van der Waals surface area contributed by atoms with Crippen molar-refractivity contribution in [1.82, 2.24) is 14.5 Å². The van der Waals surface area contributed by atoms with Crippen molar-refractivity contribution < 1.29 is 14.9 Å². The molecular formula is C15H13N3O3. The van der Waals surface area contributed by atoms with E-state index < -0.39 is 0 Å². The largest absolute Gasteiger partial charge is 0.503 e. The van der Waals surface area contributed by atoms with Crippen LogP contribution in [0, 0.1) is 0 Å². The maximum atomic E-state index is 9.79. The van der Waals surface area contributed by atoms with Gasteiger partial charge in [0.05, 0.1) is 18.0 Å². The SMILES string of the molecule is Cn1cc(-c2ncc(Oc3ccccc3)cn2)c(O)c1O. The fourth-order valence-corrected chi connectivity index (χ4v) is 1.90. The molecule has 0 fully saturated rings. The lowest BCUT2D eigenvalue weighted by Gasteiger charge is -2.04. The Morgan fingerprint density at radius 2 is 1.67 bits per heavy atom. The van der Waals surface area contributed by atoms with Crippen LogP contribution >= 0.6 is 0 Å². The van der Waals surface area contributed by atoms with Gasteiger partial charge < -0.3 is 19.5 Å². The maximum absolute atomic E-state index is 9.79. The van der Waals surface area contributed by atoms with Gasteiger partial charge in [-0.15, -0.1) is 0 Å². The van der Waals surface area contributed by atoms with Crippen molar-refractivity contribution in [2.75, 3.05) is 0 Å². The van der Waals surface area contributed by atoms with Crippen molar-refractivity contribution in [2.24, 2.45) is 7.05 Å². The molecule has 0 spiro atoms. The number of hydrogen-bond acceptors (Lipinski definition) is 5. The first kappa shape index (κ1) is 13.0. The molecule has 0 saturated carbocycles. The third kappa shape index (κ3) is 2.51. The summed E-state index contributed by atoms with van der Waals surface area (Å²) in [5.74, 6) is 1.02. The Balaban J connectivity index is 1.85. The van der Waals surface area contributed by atoms with Crippen LogP contribution in [0.5, 0.6) is 23.1 Å². The highest BCUT2D eigenvalue weighted by Gasteiger charge is 2.16. The zero-order chi connectivity index (χ0) is 14.8. The molecule has 3 rings (SSSR count). The molecule has 106 valence electrons. The zero-order valence-corrected chi connectivity index (χ0v) is 11.3. The molecule has 0 amide bonds. The molecule has 21 heavy (non-hydrogen) atoms. The minimum atomic E-state index is -0.241. The molecular weight excluding hydrogens is 270 g/mol. The van der Waals surface area contributed by atoms with Gasteiger partial charge in [-0.1, -0.05) is 18.2 Å². The van der Waals surface area contributed by atoms with E-state index in [1.165, 1.54) is 17.0 Å². The van der Waals surface area contributed by atoms with Crippen molar-refractivity contribution in [3.05, 3.63) is 48.9 Å². The Morgan fingerprint density at radius 3 is 2.24 bits per heavy atom. The molecule has 0 radical (unpaired) electrons. The first-order valence-corrected chi connectivity index (χ1v) is 6.27. The Hall–Kier alpha value is -3.02. The number of rotatable bonds is 3. The van der Waals surface area contributed by atoms with E-state index in [4.69, 9.17) is 4.74 Å². The van der Waals surface area contributed by atoms with E-state index >= 15 is 0 Å². The predicted octanol–water partition coefficient (Wildman–Crippen LogP) is 2.69. The summed E-state index contributed by atoms with van der Waals surface area (Å²) in [5, 5.41) is 19.4. The minimum Gasteiger partial charge on any atom is -0.503 e. The number of aromatic hydroxyl groups is 2. The summed E-state index contributed by atoms with van der Waals surface area (Å²) < 4.78 is 6.98. The highest BCUT2D eigenvalue weighted by molar-refractivity contribution is 5.67. The van der Waals surface area contributed by atoms with Gasteiger partial charge in [0, 0.05) is 13.2 Å². The van der Waals surface area contributed by atoms with Gasteiger partial charge in [-0.2, -0.15) is 0 Å². The van der Waals surface area contributed by atoms with E-state index in [2.05, 4.69) is 9.97 Å². The van der Waals surface area contributed by atoms with Gasteiger partial charge in [-0.25, -0.2) is 9.97 Å². The van der Waals surface area contributed by atoms with Crippen molar-refractivity contribution in [1.29, 1.82) is 0 Å². The second-order valence-corrected chi connectivity index (χ2v) is 4.48. The van der Waals surface area contributed by atoms with E-state index in [0.717, 1.165) is 0 Å². The van der Waals surface area contributed by atoms with Crippen LogP contribution < -0.4 is 4.74 Å². The molecule has 0 saturated heterocycles. The summed E-state index contributed by atoms with van der Waals surface area (Å²) in [5.41, 5.74) is 0.362. The average Bonchev–Trinajstić information content (AvgIpc) is 2.77. The van der Waals surface area contributed by atoms with Crippen molar-refractivity contribution in [3.8, 4) is 34.5 Å². The van der Waals surface area contributed by atoms with E-state index in [0.29, 0.717) is 22.9 Å². The number of para-hydroxylation sites is 1. The van der Waals surface area contributed by atoms with Gasteiger partial charge in [-0.05, 0) is 12.1 Å². The maximum Gasteiger partial charge on any atom is 0.235 e. The van der Waals surface area contributed by atoms with Gasteiger partial charge >= 0.3 is 0 Å². The van der Waals surface area contributed by atoms with Crippen LogP contribution in [-0.2, 0) is 7.05 Å². The van der Waals surface area contributed by atoms with Gasteiger partial charge in [0.1, 0.15) is 5.75 Å². The Kier molecular flexibility index (Phi) is 3.19. The first-order valence-electron chi connectivity index (χ1n) is 6.27. The van der Waals surface area contributed by atoms with Gasteiger partial charge in [0.15, 0.2) is 17.3 Å². The third-order valence-corrected chi connectivity index (χ3v) is 2.97. The molecule has 1 aromatic carbocycles. The fraction of sp³-hybridized carbons (Fsp3) is 0.0667. The number of ether oxygens (including phenoxy) is 1. The summed E-state index contributed by atoms with van der Waals surface area (Å²) in [6.45, 7) is 0. The number of hydrogen-bond donors (Lipinski definition) is 2. The highest BCUT2D eigenvalue weighted by atomic mass is 16.5. The molecule has 0 aliphatic carbocycles. The standard InChI is InChI=1S/C15H13N3O3/c1-18-9-12(13(19)15(18)20)14-16-7-11(8-17-14)21-10-5-3-2-4-6-10/h2-9,19-20H,1H3. The summed E-state index contributed by atoms with van der Waals surface area (Å²) in [4.78, 5) is 8.28. The lowest BCUT2D eigenvalue weighted by molar-refractivity contribution is 0.381. The smallest absolute Gasteiger partial charge is 0.235 e. The van der Waals surface area contributed by atoms with Crippen LogP contribution in [0.4, 0.5) is 0 Å². The normalized spacial score (nSPS) is 10.5. The number of aryl methyl sites for hydroxylation is 1. The average molecular weight is 283 g/mol. The molecule has 6 heteroatoms. The second kappa shape index (κ2) is 5.16. The van der Waals surface area contributed by atoms with Crippen molar-refractivity contribution >= 4 is 0 Å². The molecule has 0 aliphatic rings.